The summed E-state index contributed by atoms with van der Waals surface area (Å²) in [4.78, 5) is 0. The Balaban J connectivity index is 2.17. The number of benzene rings is 2. The highest BCUT2D eigenvalue weighted by Crippen LogP contribution is 2.25. The second kappa shape index (κ2) is 6.55. The average molecular weight is 280 g/mol. The highest BCUT2D eigenvalue weighted by Gasteiger charge is 2.10. The van der Waals surface area contributed by atoms with Crippen LogP contribution < -0.4 is 10.1 Å². The van der Waals surface area contributed by atoms with Crippen LogP contribution in [-0.2, 0) is 13.2 Å². The van der Waals surface area contributed by atoms with E-state index in [9.17, 15) is 4.39 Å². The molecule has 2 aromatic carbocycles. The molecule has 2 rings (SSSR count). The normalized spacial score (nSPS) is 10.5. The van der Waals surface area contributed by atoms with Gasteiger partial charge in [-0.2, -0.15) is 0 Å². The van der Waals surface area contributed by atoms with Crippen molar-refractivity contribution in [3.63, 3.8) is 0 Å². The van der Waals surface area contributed by atoms with Crippen molar-refractivity contribution < 1.29 is 9.13 Å². The minimum Gasteiger partial charge on any atom is -0.485 e. The number of hydrogen-bond acceptors (Lipinski definition) is 2. The summed E-state index contributed by atoms with van der Waals surface area (Å²) in [5.74, 6) is -0.0865. The first-order valence-corrected chi connectivity index (χ1v) is 6.38. The van der Waals surface area contributed by atoms with Crippen molar-refractivity contribution in [2.75, 3.05) is 7.05 Å². The fraction of sp³-hybridized carbons (Fsp3) is 0.200. The Bertz CT molecular complexity index is 560. The number of ether oxygens (including phenoxy) is 1. The van der Waals surface area contributed by atoms with E-state index in [2.05, 4.69) is 5.32 Å². The number of halogens is 2. The first-order chi connectivity index (χ1) is 9.22. The molecule has 2 aromatic rings. The quantitative estimate of drug-likeness (QED) is 0.899. The van der Waals surface area contributed by atoms with Crippen LogP contribution >= 0.6 is 11.6 Å². The zero-order valence-electron chi connectivity index (χ0n) is 10.6. The standard InChI is InChI=1S/C15H15ClFNO/c1-18-9-11-6-4-8-14(17)15(11)19-10-12-5-2-3-7-13(12)16/h2-8,18H,9-10H2,1H3. The third-order valence-electron chi connectivity index (χ3n) is 2.75. The lowest BCUT2D eigenvalue weighted by Gasteiger charge is -2.13. The fourth-order valence-corrected chi connectivity index (χ4v) is 2.00. The lowest BCUT2D eigenvalue weighted by molar-refractivity contribution is 0.286. The lowest BCUT2D eigenvalue weighted by atomic mass is 10.2. The van der Waals surface area contributed by atoms with Gasteiger partial charge in [-0.3, -0.25) is 0 Å². The SMILES string of the molecule is CNCc1cccc(F)c1OCc1ccccc1Cl. The predicted molar refractivity (Wildman–Crippen MR) is 74.9 cm³/mol. The van der Waals surface area contributed by atoms with Gasteiger partial charge in [-0.15, -0.1) is 0 Å². The van der Waals surface area contributed by atoms with Crippen molar-refractivity contribution in [3.05, 3.63) is 64.4 Å². The minimum atomic E-state index is -0.361. The predicted octanol–water partition coefficient (Wildman–Crippen LogP) is 3.78. The van der Waals surface area contributed by atoms with Crippen LogP contribution in [0.25, 0.3) is 0 Å². The van der Waals surface area contributed by atoms with Crippen LogP contribution in [0.5, 0.6) is 5.75 Å². The summed E-state index contributed by atoms with van der Waals surface area (Å²) >= 11 is 6.05. The molecule has 0 aromatic heterocycles. The van der Waals surface area contributed by atoms with Crippen LogP contribution in [0.15, 0.2) is 42.5 Å². The van der Waals surface area contributed by atoms with Crippen molar-refractivity contribution in [2.24, 2.45) is 0 Å². The largest absolute Gasteiger partial charge is 0.485 e. The molecule has 0 unspecified atom stereocenters. The average Bonchev–Trinajstić information content (AvgIpc) is 2.40. The van der Waals surface area contributed by atoms with Crippen LogP contribution in [0.3, 0.4) is 0 Å². The Morgan fingerprint density at radius 3 is 2.58 bits per heavy atom. The topological polar surface area (TPSA) is 21.3 Å². The summed E-state index contributed by atoms with van der Waals surface area (Å²) in [5.41, 5.74) is 1.62. The molecule has 0 aliphatic rings. The number of para-hydroxylation sites is 1. The lowest BCUT2D eigenvalue weighted by Crippen LogP contribution is -2.08. The van der Waals surface area contributed by atoms with Gasteiger partial charge in [-0.05, 0) is 19.2 Å². The molecule has 4 heteroatoms. The molecule has 0 spiro atoms. The second-order valence-corrected chi connectivity index (χ2v) is 4.55. The van der Waals surface area contributed by atoms with E-state index < -0.39 is 0 Å². The highest BCUT2D eigenvalue weighted by molar-refractivity contribution is 6.31. The maximum atomic E-state index is 13.8. The molecule has 0 heterocycles. The third-order valence-corrected chi connectivity index (χ3v) is 3.11. The van der Waals surface area contributed by atoms with Gasteiger partial charge in [0.15, 0.2) is 11.6 Å². The van der Waals surface area contributed by atoms with Gasteiger partial charge in [0.25, 0.3) is 0 Å². The molecule has 0 aliphatic heterocycles. The molecule has 1 N–H and O–H groups in total. The van der Waals surface area contributed by atoms with Gasteiger partial charge < -0.3 is 10.1 Å². The second-order valence-electron chi connectivity index (χ2n) is 4.14. The van der Waals surface area contributed by atoms with Gasteiger partial charge in [0, 0.05) is 22.7 Å². The Morgan fingerprint density at radius 1 is 1.11 bits per heavy atom. The molecule has 19 heavy (non-hydrogen) atoms. The van der Waals surface area contributed by atoms with Crippen LogP contribution in [0.2, 0.25) is 5.02 Å². The summed E-state index contributed by atoms with van der Waals surface area (Å²) in [6.45, 7) is 0.799. The van der Waals surface area contributed by atoms with Gasteiger partial charge in [0.2, 0.25) is 0 Å². The van der Waals surface area contributed by atoms with Gasteiger partial charge >= 0.3 is 0 Å². The van der Waals surface area contributed by atoms with Gasteiger partial charge in [0.05, 0.1) is 0 Å². The Labute approximate surface area is 117 Å². The van der Waals surface area contributed by atoms with Crippen molar-refractivity contribution in [1.82, 2.24) is 5.32 Å². The summed E-state index contributed by atoms with van der Waals surface area (Å²) in [7, 11) is 1.81. The first-order valence-electron chi connectivity index (χ1n) is 6.00. The Morgan fingerprint density at radius 2 is 1.84 bits per heavy atom. The van der Waals surface area contributed by atoms with Gasteiger partial charge in [-0.1, -0.05) is 41.9 Å². The maximum absolute atomic E-state index is 13.8. The summed E-state index contributed by atoms with van der Waals surface area (Å²) in [6.07, 6.45) is 0. The molecular formula is C15H15ClFNO. The molecule has 100 valence electrons. The zero-order chi connectivity index (χ0) is 13.7. The third kappa shape index (κ3) is 3.46. The van der Waals surface area contributed by atoms with Gasteiger partial charge in [-0.25, -0.2) is 4.39 Å². The van der Waals surface area contributed by atoms with E-state index in [1.165, 1.54) is 6.07 Å². The molecule has 0 saturated heterocycles. The van der Waals surface area contributed by atoms with Crippen LogP contribution in [0.1, 0.15) is 11.1 Å². The van der Waals surface area contributed by atoms with Crippen molar-refractivity contribution >= 4 is 11.6 Å². The Kier molecular flexibility index (Phi) is 4.77. The van der Waals surface area contributed by atoms with Gasteiger partial charge in [0.1, 0.15) is 6.61 Å². The highest BCUT2D eigenvalue weighted by atomic mass is 35.5. The van der Waals surface area contributed by atoms with E-state index in [1.807, 2.05) is 31.3 Å². The van der Waals surface area contributed by atoms with Crippen LogP contribution in [-0.4, -0.2) is 7.05 Å². The van der Waals surface area contributed by atoms with E-state index >= 15 is 0 Å². The van der Waals surface area contributed by atoms with E-state index in [4.69, 9.17) is 16.3 Å². The number of nitrogens with one attached hydrogen (secondary N) is 1. The zero-order valence-corrected chi connectivity index (χ0v) is 11.4. The summed E-state index contributed by atoms with van der Waals surface area (Å²) in [6, 6.07) is 12.3. The molecule has 0 bridgehead atoms. The van der Waals surface area contributed by atoms with E-state index in [0.29, 0.717) is 11.6 Å². The molecular weight excluding hydrogens is 265 g/mol. The molecule has 0 atom stereocenters. The maximum Gasteiger partial charge on any atom is 0.165 e. The van der Waals surface area contributed by atoms with Crippen LogP contribution in [0.4, 0.5) is 4.39 Å². The molecule has 0 radical (unpaired) electrons. The number of hydrogen-bond donors (Lipinski definition) is 1. The van der Waals surface area contributed by atoms with Crippen LogP contribution in [0, 0.1) is 5.82 Å². The molecule has 0 saturated carbocycles. The van der Waals surface area contributed by atoms with E-state index in [0.717, 1.165) is 11.1 Å². The molecule has 0 fully saturated rings. The van der Waals surface area contributed by atoms with E-state index in [1.54, 1.807) is 12.1 Å². The fourth-order valence-electron chi connectivity index (χ4n) is 1.81. The van der Waals surface area contributed by atoms with Crippen molar-refractivity contribution in [3.8, 4) is 5.75 Å². The Hall–Kier alpha value is -1.58. The smallest absolute Gasteiger partial charge is 0.165 e. The number of rotatable bonds is 5. The molecule has 0 aliphatic carbocycles. The monoisotopic (exact) mass is 279 g/mol. The van der Waals surface area contributed by atoms with Crippen molar-refractivity contribution in [2.45, 2.75) is 13.2 Å². The summed E-state index contributed by atoms with van der Waals surface area (Å²) in [5, 5.41) is 3.61. The van der Waals surface area contributed by atoms with E-state index in [-0.39, 0.29) is 18.2 Å². The molecule has 0 amide bonds. The van der Waals surface area contributed by atoms with Crippen molar-refractivity contribution in [1.29, 1.82) is 0 Å². The minimum absolute atomic E-state index is 0.247. The molecule has 2 nitrogen and oxygen atoms in total. The first kappa shape index (κ1) is 13.8. The summed E-state index contributed by atoms with van der Waals surface area (Å²) < 4.78 is 19.4.